The fourth-order valence-corrected chi connectivity index (χ4v) is 2.52. The average molecular weight is 324 g/mol. The van der Waals surface area contributed by atoms with Crippen LogP contribution in [0.2, 0.25) is 0 Å². The molecule has 0 unspecified atom stereocenters. The molecule has 0 saturated carbocycles. The standard InChI is InChI=1S/C16H12N4O4/c1-8-12(16(23)24)13-18-14(21)11(15(22)20(13)19-8)6-9-2-4-10(7-17)5-3-9/h2-5,22H,6H2,1H3,(H,18,21)(H,23,24). The molecule has 0 radical (unpaired) electrons. The molecule has 8 heteroatoms. The van der Waals surface area contributed by atoms with Crippen molar-refractivity contribution in [3.05, 3.63) is 62.6 Å². The third-order valence-electron chi connectivity index (χ3n) is 3.71. The highest BCUT2D eigenvalue weighted by Gasteiger charge is 2.22. The zero-order chi connectivity index (χ0) is 17.4. The van der Waals surface area contributed by atoms with E-state index in [0.29, 0.717) is 5.56 Å². The Bertz CT molecular complexity index is 1050. The predicted molar refractivity (Wildman–Crippen MR) is 83.1 cm³/mol. The molecule has 3 N–H and O–H groups in total. The van der Waals surface area contributed by atoms with Gasteiger partial charge in [0, 0.05) is 6.42 Å². The van der Waals surface area contributed by atoms with E-state index in [2.05, 4.69) is 10.1 Å². The predicted octanol–water partition coefficient (Wildman–Crippen LogP) is 1.20. The van der Waals surface area contributed by atoms with Crippen LogP contribution in [0, 0.1) is 18.3 Å². The molecule has 3 aromatic rings. The quantitative estimate of drug-likeness (QED) is 0.663. The van der Waals surface area contributed by atoms with Gasteiger partial charge in [0.05, 0.1) is 22.9 Å². The van der Waals surface area contributed by atoms with Crippen LogP contribution in [0.25, 0.3) is 5.65 Å². The average Bonchev–Trinajstić information content (AvgIpc) is 2.88. The van der Waals surface area contributed by atoms with Gasteiger partial charge in [0.15, 0.2) is 5.65 Å². The summed E-state index contributed by atoms with van der Waals surface area (Å²) in [7, 11) is 0. The molecule has 0 fully saturated rings. The molecule has 2 heterocycles. The number of benzene rings is 1. The molecule has 0 bridgehead atoms. The van der Waals surface area contributed by atoms with Crippen molar-refractivity contribution in [2.45, 2.75) is 13.3 Å². The lowest BCUT2D eigenvalue weighted by molar-refractivity contribution is 0.0698. The molecule has 8 nitrogen and oxygen atoms in total. The molecule has 0 atom stereocenters. The van der Waals surface area contributed by atoms with Gasteiger partial charge in [0.2, 0.25) is 5.88 Å². The highest BCUT2D eigenvalue weighted by Crippen LogP contribution is 2.21. The highest BCUT2D eigenvalue weighted by atomic mass is 16.4. The number of hydrogen-bond donors (Lipinski definition) is 3. The molecule has 0 aliphatic heterocycles. The third kappa shape index (κ3) is 2.38. The van der Waals surface area contributed by atoms with Crippen molar-refractivity contribution < 1.29 is 15.0 Å². The van der Waals surface area contributed by atoms with Crippen LogP contribution in [-0.2, 0) is 6.42 Å². The summed E-state index contributed by atoms with van der Waals surface area (Å²) in [5, 5.41) is 32.3. The number of H-pyrrole nitrogens is 1. The van der Waals surface area contributed by atoms with Crippen molar-refractivity contribution in [3.63, 3.8) is 0 Å². The second-order valence-corrected chi connectivity index (χ2v) is 5.27. The highest BCUT2D eigenvalue weighted by molar-refractivity contribution is 5.95. The molecular weight excluding hydrogens is 312 g/mol. The Kier molecular flexibility index (Phi) is 3.54. The molecule has 0 aliphatic rings. The minimum atomic E-state index is -1.24. The first-order valence-corrected chi connectivity index (χ1v) is 6.98. The molecule has 24 heavy (non-hydrogen) atoms. The van der Waals surface area contributed by atoms with E-state index in [1.165, 1.54) is 6.92 Å². The van der Waals surface area contributed by atoms with E-state index in [-0.39, 0.29) is 28.9 Å². The fourth-order valence-electron chi connectivity index (χ4n) is 2.52. The summed E-state index contributed by atoms with van der Waals surface area (Å²) in [5.41, 5.74) is 0.637. The number of aromatic carboxylic acids is 1. The van der Waals surface area contributed by atoms with Gasteiger partial charge in [-0.3, -0.25) is 4.79 Å². The SMILES string of the molecule is Cc1nn2c(O)c(Cc3ccc(C#N)cc3)c(=O)[nH]c2c1C(=O)O. The Morgan fingerprint density at radius 1 is 1.38 bits per heavy atom. The van der Waals surface area contributed by atoms with Gasteiger partial charge in [-0.05, 0) is 24.6 Å². The third-order valence-corrected chi connectivity index (χ3v) is 3.71. The molecule has 2 aromatic heterocycles. The maximum Gasteiger partial charge on any atom is 0.341 e. The van der Waals surface area contributed by atoms with E-state index < -0.39 is 17.4 Å². The first-order chi connectivity index (χ1) is 11.4. The van der Waals surface area contributed by atoms with E-state index in [0.717, 1.165) is 10.1 Å². The van der Waals surface area contributed by atoms with Crippen LogP contribution in [0.3, 0.4) is 0 Å². The maximum atomic E-state index is 12.3. The smallest absolute Gasteiger partial charge is 0.341 e. The van der Waals surface area contributed by atoms with E-state index in [1.54, 1.807) is 24.3 Å². The van der Waals surface area contributed by atoms with Crippen LogP contribution in [0.5, 0.6) is 5.88 Å². The van der Waals surface area contributed by atoms with E-state index in [4.69, 9.17) is 5.26 Å². The lowest BCUT2D eigenvalue weighted by atomic mass is 10.1. The summed E-state index contributed by atoms with van der Waals surface area (Å²) < 4.78 is 1.01. The van der Waals surface area contributed by atoms with Gasteiger partial charge < -0.3 is 15.2 Å². The number of aromatic hydroxyl groups is 1. The summed E-state index contributed by atoms with van der Waals surface area (Å²) in [6, 6.07) is 8.58. The number of carbonyl (C=O) groups is 1. The van der Waals surface area contributed by atoms with Crippen molar-refractivity contribution in [2.75, 3.05) is 0 Å². The molecule has 1 aromatic carbocycles. The number of aryl methyl sites for hydroxylation is 1. The number of aromatic nitrogens is 3. The zero-order valence-corrected chi connectivity index (χ0v) is 12.6. The second kappa shape index (κ2) is 5.55. The van der Waals surface area contributed by atoms with Crippen LogP contribution < -0.4 is 5.56 Å². The Morgan fingerprint density at radius 3 is 2.62 bits per heavy atom. The lowest BCUT2D eigenvalue weighted by Crippen LogP contribution is -2.17. The van der Waals surface area contributed by atoms with Crippen molar-refractivity contribution in [3.8, 4) is 11.9 Å². The van der Waals surface area contributed by atoms with Crippen LogP contribution >= 0.6 is 0 Å². The number of carboxylic acid groups (broad SMARTS) is 1. The van der Waals surface area contributed by atoms with Crippen LogP contribution in [0.4, 0.5) is 0 Å². The molecule has 3 rings (SSSR count). The molecule has 0 aliphatic carbocycles. The fraction of sp³-hybridized carbons (Fsp3) is 0.125. The second-order valence-electron chi connectivity index (χ2n) is 5.27. The molecule has 0 amide bonds. The first kappa shape index (κ1) is 15.3. The Hall–Kier alpha value is -3.60. The van der Waals surface area contributed by atoms with Gasteiger partial charge in [0.1, 0.15) is 5.56 Å². The van der Waals surface area contributed by atoms with Crippen molar-refractivity contribution in [1.29, 1.82) is 5.26 Å². The number of nitrogens with one attached hydrogen (secondary N) is 1. The molecule has 0 spiro atoms. The van der Waals surface area contributed by atoms with E-state index >= 15 is 0 Å². The topological polar surface area (TPSA) is 131 Å². The molecule has 120 valence electrons. The Labute approximate surface area is 135 Å². The summed E-state index contributed by atoms with van der Waals surface area (Å²) in [6.45, 7) is 1.48. The minimum Gasteiger partial charge on any atom is -0.493 e. The summed E-state index contributed by atoms with van der Waals surface area (Å²) in [5.74, 6) is -1.65. The van der Waals surface area contributed by atoms with E-state index in [1.807, 2.05) is 6.07 Å². The van der Waals surface area contributed by atoms with Crippen molar-refractivity contribution >= 4 is 11.6 Å². The minimum absolute atomic E-state index is 0.0617. The Balaban J connectivity index is 2.14. The summed E-state index contributed by atoms with van der Waals surface area (Å²) in [6.07, 6.45) is 0.115. The monoisotopic (exact) mass is 324 g/mol. The van der Waals surface area contributed by atoms with Gasteiger partial charge in [-0.15, -0.1) is 0 Å². The van der Waals surface area contributed by atoms with Crippen LogP contribution in [0.15, 0.2) is 29.1 Å². The Morgan fingerprint density at radius 2 is 2.04 bits per heavy atom. The zero-order valence-electron chi connectivity index (χ0n) is 12.6. The number of carboxylic acids is 1. The van der Waals surface area contributed by atoms with Gasteiger partial charge in [-0.2, -0.15) is 14.9 Å². The number of hydrogen-bond acceptors (Lipinski definition) is 5. The largest absolute Gasteiger partial charge is 0.493 e. The molecule has 0 saturated heterocycles. The van der Waals surface area contributed by atoms with Gasteiger partial charge in [-0.1, -0.05) is 12.1 Å². The van der Waals surface area contributed by atoms with E-state index in [9.17, 15) is 19.8 Å². The number of fused-ring (bicyclic) bond motifs is 1. The van der Waals surface area contributed by atoms with Crippen molar-refractivity contribution in [1.82, 2.24) is 14.6 Å². The number of nitriles is 1. The maximum absolute atomic E-state index is 12.3. The summed E-state index contributed by atoms with van der Waals surface area (Å²) >= 11 is 0. The van der Waals surface area contributed by atoms with Crippen LogP contribution in [-0.4, -0.2) is 30.8 Å². The number of nitrogens with zero attached hydrogens (tertiary/aromatic N) is 3. The number of rotatable bonds is 3. The van der Waals surface area contributed by atoms with Gasteiger partial charge in [-0.25, -0.2) is 4.79 Å². The van der Waals surface area contributed by atoms with Crippen molar-refractivity contribution in [2.24, 2.45) is 0 Å². The normalized spacial score (nSPS) is 10.7. The van der Waals surface area contributed by atoms with Gasteiger partial charge in [0.25, 0.3) is 5.56 Å². The van der Waals surface area contributed by atoms with Gasteiger partial charge >= 0.3 is 5.97 Å². The number of aromatic amines is 1. The summed E-state index contributed by atoms with van der Waals surface area (Å²) in [4.78, 5) is 26.0. The first-order valence-electron chi connectivity index (χ1n) is 6.98. The van der Waals surface area contributed by atoms with Crippen LogP contribution in [0.1, 0.15) is 32.7 Å². The molecular formula is C16H12N4O4. The lowest BCUT2D eigenvalue weighted by Gasteiger charge is -2.06.